The molecule has 45 heavy (non-hydrogen) atoms. The van der Waals surface area contributed by atoms with Crippen LogP contribution in [0, 0.1) is 0 Å². The molecule has 1 aliphatic heterocycles. The molecule has 13 nitrogen and oxygen atoms in total. The van der Waals surface area contributed by atoms with Crippen LogP contribution in [0.4, 0.5) is 13.2 Å². The van der Waals surface area contributed by atoms with E-state index in [4.69, 9.17) is 15.0 Å². The van der Waals surface area contributed by atoms with Crippen molar-refractivity contribution in [3.05, 3.63) is 98.1 Å². The number of carbonyl (C=O) groups excluding carboxylic acids is 2. The molecule has 0 atom stereocenters. The van der Waals surface area contributed by atoms with Crippen molar-refractivity contribution in [2.24, 2.45) is 0 Å². The Balaban J connectivity index is 0.000000591. The van der Waals surface area contributed by atoms with Crippen LogP contribution >= 0.6 is 11.3 Å². The van der Waals surface area contributed by atoms with Gasteiger partial charge in [-0.2, -0.15) is 18.2 Å². The number of aromatic amines is 1. The summed E-state index contributed by atoms with van der Waals surface area (Å²) in [6, 6.07) is 11.2. The van der Waals surface area contributed by atoms with Crippen LogP contribution in [0.15, 0.2) is 64.5 Å². The first-order chi connectivity index (χ1) is 21.3. The maximum absolute atomic E-state index is 13.6. The van der Waals surface area contributed by atoms with Crippen LogP contribution < -0.4 is 15.9 Å². The number of amides is 2. The van der Waals surface area contributed by atoms with Gasteiger partial charge in [0.05, 0.1) is 25.0 Å². The molecule has 0 saturated heterocycles. The zero-order chi connectivity index (χ0) is 32.9. The number of pyridine rings is 2. The standard InChI is InChI=1S/C26H21N5O6S.C2HF3O2/c32-21(33)9-28-24(35)22-23(34)18-11-30(25(36)19-13-38-14-29-19)12-20(18)31(26(22)37)10-15-2-1-3-17(8-15)16-4-6-27-7-5-16;3-2(4,5)1(6)7/h1-8,13-14,34H,9-12H2,(H,28,35)(H,32,33);(H,6,7)/p+1. The van der Waals surface area contributed by atoms with Gasteiger partial charge in [-0.25, -0.2) is 4.79 Å². The molecular formula is C28H23F3N5O8S+. The molecule has 234 valence electrons. The maximum atomic E-state index is 13.6. The zero-order valence-electron chi connectivity index (χ0n) is 22.9. The van der Waals surface area contributed by atoms with E-state index in [0.29, 0.717) is 11.4 Å². The number of hydrogen-bond acceptors (Lipinski definition) is 8. The SMILES string of the molecule is O=C(O)C(F)(F)F.O=C(O)CNC(=O)c1c(O)c2c(n(Cc3cccc(-c4ccncc4)c3)c1=O)CN(C(=O)c1csc[nH+]1)C2. The zero-order valence-corrected chi connectivity index (χ0v) is 23.7. The number of aromatic nitrogens is 3. The highest BCUT2D eigenvalue weighted by atomic mass is 32.1. The Labute approximate surface area is 254 Å². The van der Waals surface area contributed by atoms with Gasteiger partial charge in [-0.3, -0.25) is 24.2 Å². The number of halogens is 3. The molecule has 0 spiro atoms. The summed E-state index contributed by atoms with van der Waals surface area (Å²) < 4.78 is 33.1. The molecule has 5 rings (SSSR count). The highest BCUT2D eigenvalue weighted by Gasteiger charge is 2.38. The first kappa shape index (κ1) is 32.3. The molecule has 1 aromatic carbocycles. The molecule has 2 amide bonds. The van der Waals surface area contributed by atoms with Gasteiger partial charge < -0.3 is 30.1 Å². The number of aliphatic carboxylic acids is 2. The third-order valence-corrected chi connectivity index (χ3v) is 7.11. The quantitative estimate of drug-likeness (QED) is 0.233. The maximum Gasteiger partial charge on any atom is 0.490 e. The lowest BCUT2D eigenvalue weighted by atomic mass is 10.0. The van der Waals surface area contributed by atoms with Gasteiger partial charge in [0.1, 0.15) is 17.9 Å². The number of carbonyl (C=O) groups is 4. The molecule has 0 fully saturated rings. The lowest BCUT2D eigenvalue weighted by molar-refractivity contribution is -0.375. The van der Waals surface area contributed by atoms with Crippen LogP contribution in [0.5, 0.6) is 5.75 Å². The minimum absolute atomic E-state index is 0.0275. The van der Waals surface area contributed by atoms with Crippen LogP contribution in [-0.2, 0) is 29.2 Å². The molecule has 0 radical (unpaired) electrons. The fraction of sp³-hybridized carbons (Fsp3) is 0.179. The summed E-state index contributed by atoms with van der Waals surface area (Å²) in [4.78, 5) is 67.6. The topological polar surface area (TPSA) is 193 Å². The highest BCUT2D eigenvalue weighted by molar-refractivity contribution is 7.07. The van der Waals surface area contributed by atoms with Crippen LogP contribution in [0.3, 0.4) is 0 Å². The lowest BCUT2D eigenvalue weighted by Crippen LogP contribution is -2.37. The van der Waals surface area contributed by atoms with E-state index in [9.17, 15) is 37.5 Å². The van der Waals surface area contributed by atoms with Crippen molar-refractivity contribution in [2.75, 3.05) is 6.54 Å². The Kier molecular flexibility index (Phi) is 9.61. The number of rotatable bonds is 7. The molecular weight excluding hydrogens is 623 g/mol. The molecule has 0 aliphatic carbocycles. The van der Waals surface area contributed by atoms with E-state index >= 15 is 0 Å². The summed E-state index contributed by atoms with van der Waals surface area (Å²) in [5, 5.41) is 30.8. The summed E-state index contributed by atoms with van der Waals surface area (Å²) >= 11 is 1.32. The molecule has 4 aromatic rings. The minimum Gasteiger partial charge on any atom is -0.506 e. The van der Waals surface area contributed by atoms with Gasteiger partial charge >= 0.3 is 24.0 Å². The number of hydrogen-bond donors (Lipinski definition) is 4. The van der Waals surface area contributed by atoms with Crippen molar-refractivity contribution in [2.45, 2.75) is 25.8 Å². The largest absolute Gasteiger partial charge is 0.506 e. The second-order valence-corrected chi connectivity index (χ2v) is 10.2. The fourth-order valence-electron chi connectivity index (χ4n) is 4.44. The van der Waals surface area contributed by atoms with Crippen LogP contribution in [-0.4, -0.2) is 66.2 Å². The number of thiazole rings is 1. The van der Waals surface area contributed by atoms with Crippen molar-refractivity contribution < 1.29 is 52.7 Å². The average Bonchev–Trinajstić information content (AvgIpc) is 3.70. The molecule has 4 heterocycles. The number of fused-ring (bicyclic) bond motifs is 1. The molecule has 0 bridgehead atoms. The number of H-pyrrole nitrogens is 1. The number of benzene rings is 1. The normalized spacial score (nSPS) is 12.1. The van der Waals surface area contributed by atoms with E-state index < -0.39 is 47.4 Å². The van der Waals surface area contributed by atoms with Gasteiger partial charge in [-0.05, 0) is 34.9 Å². The molecule has 17 heteroatoms. The second kappa shape index (κ2) is 13.4. The van der Waals surface area contributed by atoms with Crippen molar-refractivity contribution in [1.82, 2.24) is 19.8 Å². The van der Waals surface area contributed by atoms with E-state index in [0.717, 1.165) is 16.7 Å². The van der Waals surface area contributed by atoms with Gasteiger partial charge in [0.25, 0.3) is 17.2 Å². The van der Waals surface area contributed by atoms with Crippen molar-refractivity contribution in [3.8, 4) is 16.9 Å². The summed E-state index contributed by atoms with van der Waals surface area (Å²) in [7, 11) is 0. The van der Waals surface area contributed by atoms with E-state index in [1.165, 1.54) is 20.8 Å². The number of alkyl halides is 3. The van der Waals surface area contributed by atoms with Gasteiger partial charge in [0.15, 0.2) is 0 Å². The van der Waals surface area contributed by atoms with Crippen LogP contribution in [0.1, 0.15) is 37.7 Å². The van der Waals surface area contributed by atoms with E-state index in [2.05, 4.69) is 15.3 Å². The van der Waals surface area contributed by atoms with E-state index in [1.54, 1.807) is 23.3 Å². The average molecular weight is 647 g/mol. The Hall–Kier alpha value is -5.58. The first-order valence-corrected chi connectivity index (χ1v) is 13.7. The van der Waals surface area contributed by atoms with Gasteiger partial charge in [-0.1, -0.05) is 29.5 Å². The van der Waals surface area contributed by atoms with Crippen LogP contribution in [0.2, 0.25) is 0 Å². The van der Waals surface area contributed by atoms with Crippen molar-refractivity contribution in [1.29, 1.82) is 0 Å². The lowest BCUT2D eigenvalue weighted by Gasteiger charge is -2.16. The Morgan fingerprint density at radius 2 is 1.73 bits per heavy atom. The summed E-state index contributed by atoms with van der Waals surface area (Å²) in [5.74, 6) is -5.94. The number of carboxylic acid groups (broad SMARTS) is 2. The fourth-order valence-corrected chi connectivity index (χ4v) is 5.00. The predicted octanol–water partition coefficient (Wildman–Crippen LogP) is 2.14. The molecule has 1 aliphatic rings. The van der Waals surface area contributed by atoms with Crippen molar-refractivity contribution in [3.63, 3.8) is 0 Å². The monoisotopic (exact) mass is 646 g/mol. The number of carboxylic acids is 2. The van der Waals surface area contributed by atoms with Gasteiger partial charge in [0.2, 0.25) is 5.51 Å². The molecule has 5 N–H and O–H groups in total. The Morgan fingerprint density at radius 1 is 1.04 bits per heavy atom. The van der Waals surface area contributed by atoms with Crippen LogP contribution in [0.25, 0.3) is 11.1 Å². The summed E-state index contributed by atoms with van der Waals surface area (Å²) in [6.45, 7) is -0.643. The van der Waals surface area contributed by atoms with Crippen molar-refractivity contribution >= 4 is 35.1 Å². The molecule has 0 saturated carbocycles. The smallest absolute Gasteiger partial charge is 0.490 e. The van der Waals surface area contributed by atoms with E-state index in [-0.39, 0.29) is 31.1 Å². The number of nitrogens with one attached hydrogen (secondary N) is 2. The molecule has 0 unspecified atom stereocenters. The van der Waals surface area contributed by atoms with Gasteiger partial charge in [-0.15, -0.1) is 0 Å². The predicted molar refractivity (Wildman–Crippen MR) is 149 cm³/mol. The van der Waals surface area contributed by atoms with E-state index in [1.807, 2.05) is 36.4 Å². The number of aromatic hydroxyl groups is 1. The third kappa shape index (κ3) is 7.50. The summed E-state index contributed by atoms with van der Waals surface area (Å²) in [6.07, 6.45) is -1.73. The molecule has 3 aromatic heterocycles. The third-order valence-electron chi connectivity index (χ3n) is 6.48. The Morgan fingerprint density at radius 3 is 2.33 bits per heavy atom. The summed E-state index contributed by atoms with van der Waals surface area (Å²) in [5.41, 5.74) is 3.92. The Bertz CT molecular complexity index is 1810. The number of nitrogens with zero attached hydrogens (tertiary/aromatic N) is 3. The van der Waals surface area contributed by atoms with Gasteiger partial charge in [0, 0.05) is 23.7 Å². The minimum atomic E-state index is -5.08. The second-order valence-electron chi connectivity index (χ2n) is 9.45. The first-order valence-electron chi connectivity index (χ1n) is 12.8. The highest BCUT2D eigenvalue weighted by Crippen LogP contribution is 2.33.